The Morgan fingerprint density at radius 2 is 1.71 bits per heavy atom. The Kier molecular flexibility index (Phi) is 11.8. The van der Waals surface area contributed by atoms with Crippen LogP contribution in [0.1, 0.15) is 35.3 Å². The van der Waals surface area contributed by atoms with E-state index in [0.717, 1.165) is 28.2 Å². The molecule has 0 saturated heterocycles. The van der Waals surface area contributed by atoms with Gasteiger partial charge in [0.05, 0.1) is 5.56 Å². The molecule has 0 aliphatic rings. The first-order chi connectivity index (χ1) is 21.7. The van der Waals surface area contributed by atoms with Gasteiger partial charge >= 0.3 is 5.97 Å². The van der Waals surface area contributed by atoms with Gasteiger partial charge in [-0.3, -0.25) is 0 Å². The van der Waals surface area contributed by atoms with Crippen LogP contribution in [0.3, 0.4) is 0 Å². The molecule has 0 bridgehead atoms. The number of nitriles is 1. The Balaban J connectivity index is 0.000000440. The van der Waals surface area contributed by atoms with Gasteiger partial charge in [-0.15, -0.1) is 11.3 Å². The lowest BCUT2D eigenvalue weighted by atomic mass is 9.94. The Morgan fingerprint density at radius 1 is 0.978 bits per heavy atom. The van der Waals surface area contributed by atoms with Gasteiger partial charge in [-0.25, -0.2) is 9.78 Å². The van der Waals surface area contributed by atoms with Crippen LogP contribution in [0, 0.1) is 11.3 Å². The second-order valence-corrected chi connectivity index (χ2v) is 11.7. The van der Waals surface area contributed by atoms with Crippen molar-refractivity contribution in [3.8, 4) is 33.9 Å². The number of para-hydroxylation sites is 1. The van der Waals surface area contributed by atoms with Crippen LogP contribution in [0.4, 0.5) is 0 Å². The number of carbonyl (C=O) groups is 1. The third-order valence-electron chi connectivity index (χ3n) is 6.62. The van der Waals surface area contributed by atoms with Crippen LogP contribution in [0.15, 0.2) is 115 Å². The SMILES string of the molecule is CC(C)(Cc1ccc(Oc2ncccc2C#N)cc1)NC[C@H](O)COc1ccccc1-c1cccs1.O=C(O)c1ccccc1. The molecule has 5 rings (SSSR count). The highest BCUT2D eigenvalue weighted by atomic mass is 32.1. The van der Waals surface area contributed by atoms with Gasteiger partial charge < -0.3 is 25.0 Å². The van der Waals surface area contributed by atoms with Crippen molar-refractivity contribution in [2.24, 2.45) is 0 Å². The lowest BCUT2D eigenvalue weighted by Gasteiger charge is -2.28. The average molecular weight is 622 g/mol. The van der Waals surface area contributed by atoms with Crippen LogP contribution in [-0.2, 0) is 6.42 Å². The minimum absolute atomic E-state index is 0.204. The fraction of sp³-hybridized carbons (Fsp3) is 0.194. The molecule has 0 spiro atoms. The molecule has 8 nitrogen and oxygen atoms in total. The monoisotopic (exact) mass is 621 g/mol. The number of hydrogen-bond acceptors (Lipinski definition) is 8. The predicted octanol–water partition coefficient (Wildman–Crippen LogP) is 7.21. The fourth-order valence-corrected chi connectivity index (χ4v) is 5.12. The number of β-amino-alcohol motifs (C(OH)–C–C–N with tert-alkyl or cyclic N) is 1. The maximum Gasteiger partial charge on any atom is 0.335 e. The summed E-state index contributed by atoms with van der Waals surface area (Å²) >= 11 is 1.66. The minimum atomic E-state index is -0.879. The molecule has 0 aliphatic carbocycles. The molecule has 0 amide bonds. The zero-order valence-corrected chi connectivity index (χ0v) is 25.9. The van der Waals surface area contributed by atoms with E-state index in [4.69, 9.17) is 14.6 Å². The summed E-state index contributed by atoms with van der Waals surface area (Å²) in [6, 6.07) is 33.5. The topological polar surface area (TPSA) is 125 Å². The largest absolute Gasteiger partial charge is 0.490 e. The van der Waals surface area contributed by atoms with Gasteiger partial charge in [-0.1, -0.05) is 48.5 Å². The number of carboxylic acid groups (broad SMARTS) is 1. The first kappa shape index (κ1) is 32.9. The van der Waals surface area contributed by atoms with E-state index >= 15 is 0 Å². The molecule has 2 aromatic heterocycles. The predicted molar refractivity (Wildman–Crippen MR) is 176 cm³/mol. The van der Waals surface area contributed by atoms with E-state index in [9.17, 15) is 15.2 Å². The zero-order chi connectivity index (χ0) is 32.1. The number of pyridine rings is 1. The third kappa shape index (κ3) is 10.3. The van der Waals surface area contributed by atoms with Gasteiger partial charge in [0.25, 0.3) is 0 Å². The maximum atomic E-state index is 10.6. The molecule has 9 heteroatoms. The molecule has 0 saturated carbocycles. The number of aliphatic hydroxyl groups excluding tert-OH is 1. The normalized spacial score (nSPS) is 11.4. The first-order valence-corrected chi connectivity index (χ1v) is 15.2. The summed E-state index contributed by atoms with van der Waals surface area (Å²) in [6.07, 6.45) is 1.71. The van der Waals surface area contributed by atoms with Crippen LogP contribution in [0.2, 0.25) is 0 Å². The van der Waals surface area contributed by atoms with E-state index in [0.29, 0.717) is 29.3 Å². The van der Waals surface area contributed by atoms with Gasteiger partial charge in [-0.05, 0) is 85.8 Å². The standard InChI is InChI=1S/C29H29N3O3S.C7H6O2/c1-29(2,17-21-11-13-24(14-12-21)35-28-22(18-30)7-5-15-31-28)32-19-23(33)20-34-26-9-4-3-8-25(26)27-10-6-16-36-27;8-7(9)6-4-2-1-3-5-6/h3-16,23,32-33H,17,19-20H2,1-2H3;1-5H,(H,8,9)/t23-;/m0./s1. The quantitative estimate of drug-likeness (QED) is 0.134. The molecule has 0 aliphatic heterocycles. The number of hydrogen-bond donors (Lipinski definition) is 3. The van der Waals surface area contributed by atoms with Crippen molar-refractivity contribution in [2.45, 2.75) is 31.9 Å². The molecule has 3 N–H and O–H groups in total. The number of thiophene rings is 1. The Morgan fingerprint density at radius 3 is 2.38 bits per heavy atom. The van der Waals surface area contributed by atoms with Crippen molar-refractivity contribution < 1.29 is 24.5 Å². The van der Waals surface area contributed by atoms with Crippen molar-refractivity contribution in [1.82, 2.24) is 10.3 Å². The maximum absolute atomic E-state index is 10.6. The summed E-state index contributed by atoms with van der Waals surface area (Å²) in [5.74, 6) is 0.808. The highest BCUT2D eigenvalue weighted by molar-refractivity contribution is 7.13. The van der Waals surface area contributed by atoms with E-state index < -0.39 is 12.1 Å². The lowest BCUT2D eigenvalue weighted by molar-refractivity contribution is 0.0697. The van der Waals surface area contributed by atoms with Crippen molar-refractivity contribution >= 4 is 17.3 Å². The molecule has 0 radical (unpaired) electrons. The summed E-state index contributed by atoms with van der Waals surface area (Å²) in [6.45, 7) is 4.82. The number of nitrogens with zero attached hydrogens (tertiary/aromatic N) is 2. The number of ether oxygens (including phenoxy) is 2. The number of carboxylic acids is 1. The van der Waals surface area contributed by atoms with E-state index in [1.165, 1.54) is 0 Å². The highest BCUT2D eigenvalue weighted by Gasteiger charge is 2.20. The number of rotatable bonds is 12. The van der Waals surface area contributed by atoms with Crippen LogP contribution >= 0.6 is 11.3 Å². The number of aromatic nitrogens is 1. The highest BCUT2D eigenvalue weighted by Crippen LogP contribution is 2.33. The van der Waals surface area contributed by atoms with E-state index in [1.807, 2.05) is 60.0 Å². The fourth-order valence-electron chi connectivity index (χ4n) is 4.36. The molecule has 45 heavy (non-hydrogen) atoms. The van der Waals surface area contributed by atoms with Crippen molar-refractivity contribution in [3.05, 3.63) is 131 Å². The smallest absolute Gasteiger partial charge is 0.335 e. The molecule has 5 aromatic rings. The van der Waals surface area contributed by atoms with Gasteiger partial charge in [0.2, 0.25) is 5.88 Å². The van der Waals surface area contributed by atoms with Crippen molar-refractivity contribution in [3.63, 3.8) is 0 Å². The molecule has 1 atom stereocenters. The molecule has 3 aromatic carbocycles. The molecule has 2 heterocycles. The van der Waals surface area contributed by atoms with E-state index in [-0.39, 0.29) is 12.1 Å². The Hall–Kier alpha value is -5.01. The Bertz CT molecular complexity index is 1680. The number of aromatic carboxylic acids is 1. The van der Waals surface area contributed by atoms with Crippen molar-refractivity contribution in [2.75, 3.05) is 13.2 Å². The summed E-state index contributed by atoms with van der Waals surface area (Å²) in [5, 5.41) is 33.6. The van der Waals surface area contributed by atoms with E-state index in [2.05, 4.69) is 36.3 Å². The van der Waals surface area contributed by atoms with Crippen molar-refractivity contribution in [1.29, 1.82) is 5.26 Å². The lowest BCUT2D eigenvalue weighted by Crippen LogP contribution is -2.46. The van der Waals surface area contributed by atoms with Gasteiger partial charge in [0, 0.05) is 28.7 Å². The molecule has 0 fully saturated rings. The second kappa shape index (κ2) is 16.2. The second-order valence-electron chi connectivity index (χ2n) is 10.8. The summed E-state index contributed by atoms with van der Waals surface area (Å²) < 4.78 is 11.7. The summed E-state index contributed by atoms with van der Waals surface area (Å²) in [7, 11) is 0. The summed E-state index contributed by atoms with van der Waals surface area (Å²) in [4.78, 5) is 15.5. The van der Waals surface area contributed by atoms with Crippen LogP contribution in [-0.4, -0.2) is 46.0 Å². The average Bonchev–Trinajstić information content (AvgIpc) is 3.60. The molecular formula is C36H35N3O5S. The van der Waals surface area contributed by atoms with Crippen LogP contribution in [0.5, 0.6) is 17.4 Å². The zero-order valence-electron chi connectivity index (χ0n) is 25.1. The minimum Gasteiger partial charge on any atom is -0.490 e. The molecular weight excluding hydrogens is 586 g/mol. The molecule has 230 valence electrons. The first-order valence-electron chi connectivity index (χ1n) is 14.3. The van der Waals surface area contributed by atoms with E-state index in [1.54, 1.807) is 60.0 Å². The van der Waals surface area contributed by atoms with Crippen LogP contribution < -0.4 is 14.8 Å². The van der Waals surface area contributed by atoms with Gasteiger partial charge in [0.15, 0.2) is 0 Å². The number of aliphatic hydroxyl groups is 1. The van der Waals surface area contributed by atoms with Crippen LogP contribution in [0.25, 0.3) is 10.4 Å². The van der Waals surface area contributed by atoms with Gasteiger partial charge in [-0.2, -0.15) is 5.26 Å². The van der Waals surface area contributed by atoms with Gasteiger partial charge in [0.1, 0.15) is 35.8 Å². The summed E-state index contributed by atoms with van der Waals surface area (Å²) in [5.41, 5.74) is 2.64. The molecule has 0 unspecified atom stereocenters. The number of nitrogens with one attached hydrogen (secondary N) is 1. The number of benzene rings is 3. The Labute approximate surface area is 267 Å². The third-order valence-corrected chi connectivity index (χ3v) is 7.52.